The van der Waals surface area contributed by atoms with Crippen LogP contribution in [0.5, 0.6) is 5.75 Å². The molecule has 2 aromatic rings. The van der Waals surface area contributed by atoms with Crippen molar-refractivity contribution < 1.29 is 23.9 Å². The van der Waals surface area contributed by atoms with Crippen LogP contribution < -0.4 is 4.74 Å². The SMILES string of the molecule is Cc1ccc(COc2ccc(/C=C3\SC(=O)N(CC(=O)OC(C)C)C3=O)cc2)cc1. The molecule has 0 aromatic heterocycles. The van der Waals surface area contributed by atoms with Gasteiger partial charge in [0.05, 0.1) is 11.0 Å². The molecule has 1 aliphatic heterocycles. The van der Waals surface area contributed by atoms with E-state index in [9.17, 15) is 14.4 Å². The molecule has 0 saturated carbocycles. The number of carbonyl (C=O) groups is 3. The van der Waals surface area contributed by atoms with Gasteiger partial charge in [-0.1, -0.05) is 42.0 Å². The maximum Gasteiger partial charge on any atom is 0.326 e. The van der Waals surface area contributed by atoms with Crippen LogP contribution in [-0.2, 0) is 20.9 Å². The first kappa shape index (κ1) is 21.6. The van der Waals surface area contributed by atoms with Crippen LogP contribution in [0.2, 0.25) is 0 Å². The summed E-state index contributed by atoms with van der Waals surface area (Å²) in [4.78, 5) is 37.5. The average molecular weight is 426 g/mol. The molecule has 1 saturated heterocycles. The molecule has 0 unspecified atom stereocenters. The number of ether oxygens (including phenoxy) is 2. The molecule has 2 aromatic carbocycles. The van der Waals surface area contributed by atoms with Crippen LogP contribution in [0, 0.1) is 6.92 Å². The smallest absolute Gasteiger partial charge is 0.326 e. The zero-order valence-electron chi connectivity index (χ0n) is 17.1. The van der Waals surface area contributed by atoms with E-state index in [1.165, 1.54) is 5.56 Å². The summed E-state index contributed by atoms with van der Waals surface area (Å²) >= 11 is 0.810. The van der Waals surface area contributed by atoms with Crippen molar-refractivity contribution in [1.82, 2.24) is 4.90 Å². The number of aryl methyl sites for hydroxylation is 1. The quantitative estimate of drug-likeness (QED) is 0.478. The molecule has 1 heterocycles. The first-order valence-electron chi connectivity index (χ1n) is 9.55. The van der Waals surface area contributed by atoms with Gasteiger partial charge in [-0.05, 0) is 61.9 Å². The zero-order valence-corrected chi connectivity index (χ0v) is 17.9. The van der Waals surface area contributed by atoms with Crippen LogP contribution in [0.3, 0.4) is 0 Å². The third kappa shape index (κ3) is 5.73. The summed E-state index contributed by atoms with van der Waals surface area (Å²) in [5.41, 5.74) is 3.03. The van der Waals surface area contributed by atoms with Gasteiger partial charge in [0.2, 0.25) is 0 Å². The normalized spacial score (nSPS) is 15.2. The van der Waals surface area contributed by atoms with Crippen LogP contribution in [-0.4, -0.2) is 34.7 Å². The highest BCUT2D eigenvalue weighted by molar-refractivity contribution is 8.18. The number of thioether (sulfide) groups is 1. The van der Waals surface area contributed by atoms with Gasteiger partial charge in [0.15, 0.2) is 0 Å². The third-order valence-corrected chi connectivity index (χ3v) is 5.14. The van der Waals surface area contributed by atoms with Gasteiger partial charge in [0.25, 0.3) is 11.1 Å². The largest absolute Gasteiger partial charge is 0.489 e. The summed E-state index contributed by atoms with van der Waals surface area (Å²) in [5.74, 6) is -0.397. The maximum absolute atomic E-state index is 12.5. The fourth-order valence-electron chi connectivity index (χ4n) is 2.73. The van der Waals surface area contributed by atoms with Crippen molar-refractivity contribution in [2.45, 2.75) is 33.5 Å². The van der Waals surface area contributed by atoms with Gasteiger partial charge in [0, 0.05) is 0 Å². The van der Waals surface area contributed by atoms with E-state index in [0.717, 1.165) is 27.8 Å². The predicted molar refractivity (Wildman–Crippen MR) is 116 cm³/mol. The van der Waals surface area contributed by atoms with E-state index in [1.807, 2.05) is 55.5 Å². The Balaban J connectivity index is 1.61. The number of carbonyl (C=O) groups excluding carboxylic acids is 3. The Hall–Kier alpha value is -3.06. The second-order valence-corrected chi connectivity index (χ2v) is 8.14. The van der Waals surface area contributed by atoms with Crippen molar-refractivity contribution in [2.75, 3.05) is 6.54 Å². The van der Waals surface area contributed by atoms with Crippen LogP contribution in [0.1, 0.15) is 30.5 Å². The monoisotopic (exact) mass is 425 g/mol. The Kier molecular flexibility index (Phi) is 6.95. The lowest BCUT2D eigenvalue weighted by Gasteiger charge is -2.13. The van der Waals surface area contributed by atoms with E-state index < -0.39 is 17.1 Å². The molecule has 0 N–H and O–H groups in total. The highest BCUT2D eigenvalue weighted by Gasteiger charge is 2.36. The molecule has 30 heavy (non-hydrogen) atoms. The van der Waals surface area contributed by atoms with Crippen LogP contribution in [0.25, 0.3) is 6.08 Å². The van der Waals surface area contributed by atoms with Gasteiger partial charge in [-0.2, -0.15) is 0 Å². The fraction of sp³-hybridized carbons (Fsp3) is 0.261. The van der Waals surface area contributed by atoms with Gasteiger partial charge in [-0.3, -0.25) is 19.3 Å². The summed E-state index contributed by atoms with van der Waals surface area (Å²) in [5, 5.41) is -0.481. The highest BCUT2D eigenvalue weighted by atomic mass is 32.2. The molecule has 2 amide bonds. The topological polar surface area (TPSA) is 72.9 Å². The van der Waals surface area contributed by atoms with Crippen LogP contribution in [0.15, 0.2) is 53.4 Å². The summed E-state index contributed by atoms with van der Waals surface area (Å²) in [6.45, 7) is 5.53. The van der Waals surface area contributed by atoms with Gasteiger partial charge in [0.1, 0.15) is 18.9 Å². The second-order valence-electron chi connectivity index (χ2n) is 7.15. The molecule has 1 fully saturated rings. The van der Waals surface area contributed by atoms with Crippen molar-refractivity contribution in [3.63, 3.8) is 0 Å². The Morgan fingerprint density at radius 1 is 1.07 bits per heavy atom. The number of rotatable bonds is 7. The number of amides is 2. The van der Waals surface area contributed by atoms with Gasteiger partial charge >= 0.3 is 5.97 Å². The number of benzene rings is 2. The predicted octanol–water partition coefficient (Wildman–Crippen LogP) is 4.56. The Morgan fingerprint density at radius 3 is 2.37 bits per heavy atom. The van der Waals surface area contributed by atoms with E-state index in [0.29, 0.717) is 12.4 Å². The number of esters is 1. The number of hydrogen-bond donors (Lipinski definition) is 0. The summed E-state index contributed by atoms with van der Waals surface area (Å²) in [6, 6.07) is 15.4. The highest BCUT2D eigenvalue weighted by Crippen LogP contribution is 2.32. The first-order chi connectivity index (χ1) is 14.3. The van der Waals surface area contributed by atoms with E-state index in [2.05, 4.69) is 0 Å². The molecule has 0 bridgehead atoms. The number of nitrogens with zero attached hydrogens (tertiary/aromatic N) is 1. The van der Waals surface area contributed by atoms with Crippen molar-refractivity contribution in [3.05, 3.63) is 70.1 Å². The minimum absolute atomic E-state index is 0.269. The van der Waals surface area contributed by atoms with E-state index in [4.69, 9.17) is 9.47 Å². The number of imide groups is 1. The van der Waals surface area contributed by atoms with Crippen molar-refractivity contribution in [1.29, 1.82) is 0 Å². The summed E-state index contributed by atoms with van der Waals surface area (Å²) < 4.78 is 10.8. The molecule has 7 heteroatoms. The van der Waals surface area contributed by atoms with E-state index in [-0.39, 0.29) is 17.6 Å². The molecule has 3 rings (SSSR count). The Labute approximate surface area is 179 Å². The van der Waals surface area contributed by atoms with E-state index >= 15 is 0 Å². The second kappa shape index (κ2) is 9.63. The van der Waals surface area contributed by atoms with Gasteiger partial charge in [-0.15, -0.1) is 0 Å². The van der Waals surface area contributed by atoms with E-state index in [1.54, 1.807) is 19.9 Å². The molecule has 0 atom stereocenters. The Bertz CT molecular complexity index is 964. The molecule has 1 aliphatic rings. The standard InChI is InChI=1S/C23H23NO5S/c1-15(2)29-21(25)13-24-22(26)20(30-23(24)27)12-17-8-10-19(11-9-17)28-14-18-6-4-16(3)5-7-18/h4-12,15H,13-14H2,1-3H3/b20-12-. The van der Waals surface area contributed by atoms with Crippen molar-refractivity contribution >= 4 is 35.0 Å². The minimum atomic E-state index is -0.608. The zero-order chi connectivity index (χ0) is 21.7. The van der Waals surface area contributed by atoms with Crippen molar-refractivity contribution in [3.8, 4) is 5.75 Å². The maximum atomic E-state index is 12.5. The van der Waals surface area contributed by atoms with Crippen LogP contribution in [0.4, 0.5) is 4.79 Å². The molecule has 0 aliphatic carbocycles. The first-order valence-corrected chi connectivity index (χ1v) is 10.4. The Morgan fingerprint density at radius 2 is 1.73 bits per heavy atom. The lowest BCUT2D eigenvalue weighted by Crippen LogP contribution is -2.35. The molecular formula is C23H23NO5S. The summed E-state index contributed by atoms with van der Waals surface area (Å²) in [6.07, 6.45) is 1.32. The van der Waals surface area contributed by atoms with Crippen molar-refractivity contribution in [2.24, 2.45) is 0 Å². The van der Waals surface area contributed by atoms with Gasteiger partial charge < -0.3 is 9.47 Å². The fourth-order valence-corrected chi connectivity index (χ4v) is 3.57. The lowest BCUT2D eigenvalue weighted by atomic mass is 10.1. The molecule has 0 radical (unpaired) electrons. The summed E-state index contributed by atoms with van der Waals surface area (Å²) in [7, 11) is 0. The molecule has 6 nitrogen and oxygen atoms in total. The molecular weight excluding hydrogens is 402 g/mol. The lowest BCUT2D eigenvalue weighted by molar-refractivity contribution is -0.149. The minimum Gasteiger partial charge on any atom is -0.489 e. The molecule has 156 valence electrons. The van der Waals surface area contributed by atoms with Crippen LogP contribution >= 0.6 is 11.8 Å². The van der Waals surface area contributed by atoms with Gasteiger partial charge in [-0.25, -0.2) is 0 Å². The number of hydrogen-bond acceptors (Lipinski definition) is 6. The molecule has 0 spiro atoms. The average Bonchev–Trinajstić information content (AvgIpc) is 2.95. The third-order valence-electron chi connectivity index (χ3n) is 4.23.